The molecule has 2 aromatic heterocycles. The van der Waals surface area contributed by atoms with Crippen molar-refractivity contribution in [2.75, 3.05) is 7.11 Å². The molecule has 0 amide bonds. The number of nitrogens with zero attached hydrogens (tertiary/aromatic N) is 4. The predicted octanol–water partition coefficient (Wildman–Crippen LogP) is 2.75. The summed E-state index contributed by atoms with van der Waals surface area (Å²) in [4.78, 5) is 17.6. The smallest absolute Gasteiger partial charge is 0.290 e. The SMILES string of the molecule is COc1cccc(-c2ncn([C@H]3CCC[C@@H]3O)c2-c2nccn2C)c1.O=CO. The van der Waals surface area contributed by atoms with Crippen molar-refractivity contribution in [2.45, 2.75) is 31.4 Å². The van der Waals surface area contributed by atoms with E-state index in [4.69, 9.17) is 14.6 Å². The second-order valence-electron chi connectivity index (χ2n) is 6.61. The van der Waals surface area contributed by atoms with Crippen LogP contribution in [0.15, 0.2) is 43.0 Å². The zero-order valence-corrected chi connectivity index (χ0v) is 15.9. The Labute approximate surface area is 163 Å². The lowest BCUT2D eigenvalue weighted by Crippen LogP contribution is -2.19. The molecule has 28 heavy (non-hydrogen) atoms. The number of methoxy groups -OCH3 is 1. The lowest BCUT2D eigenvalue weighted by Gasteiger charge is -2.19. The normalized spacial score (nSPS) is 18.4. The molecule has 148 valence electrons. The maximum atomic E-state index is 10.4. The number of carbonyl (C=O) groups is 1. The van der Waals surface area contributed by atoms with E-state index in [-0.39, 0.29) is 18.6 Å². The molecule has 2 heterocycles. The van der Waals surface area contributed by atoms with Crippen LogP contribution < -0.4 is 4.74 Å². The van der Waals surface area contributed by atoms with Gasteiger partial charge in [-0.05, 0) is 31.4 Å². The fourth-order valence-corrected chi connectivity index (χ4v) is 3.65. The maximum Gasteiger partial charge on any atom is 0.290 e. The first-order valence-corrected chi connectivity index (χ1v) is 9.05. The molecule has 0 radical (unpaired) electrons. The number of hydrogen-bond donors (Lipinski definition) is 2. The average molecular weight is 384 g/mol. The summed E-state index contributed by atoms with van der Waals surface area (Å²) < 4.78 is 9.44. The fourth-order valence-electron chi connectivity index (χ4n) is 3.65. The second-order valence-corrected chi connectivity index (χ2v) is 6.61. The highest BCUT2D eigenvalue weighted by Crippen LogP contribution is 2.38. The third-order valence-corrected chi connectivity index (χ3v) is 4.97. The van der Waals surface area contributed by atoms with Crippen LogP contribution in [0, 0.1) is 0 Å². The molecule has 2 N–H and O–H groups in total. The minimum atomic E-state index is -0.341. The predicted molar refractivity (Wildman–Crippen MR) is 104 cm³/mol. The van der Waals surface area contributed by atoms with Crippen molar-refractivity contribution in [1.82, 2.24) is 19.1 Å². The van der Waals surface area contributed by atoms with Gasteiger partial charge in [0.1, 0.15) is 11.4 Å². The Balaban J connectivity index is 0.000000706. The Kier molecular flexibility index (Phi) is 6.10. The average Bonchev–Trinajstić information content (AvgIpc) is 3.41. The molecule has 0 saturated heterocycles. The summed E-state index contributed by atoms with van der Waals surface area (Å²) in [6.07, 6.45) is 8.01. The summed E-state index contributed by atoms with van der Waals surface area (Å²) in [5.74, 6) is 1.63. The molecule has 8 heteroatoms. The molecule has 2 atom stereocenters. The molecule has 1 fully saturated rings. The lowest BCUT2D eigenvalue weighted by molar-refractivity contribution is -0.122. The van der Waals surface area contributed by atoms with Crippen LogP contribution in [-0.4, -0.2) is 49.0 Å². The van der Waals surface area contributed by atoms with Crippen molar-refractivity contribution >= 4 is 6.47 Å². The lowest BCUT2D eigenvalue weighted by atomic mass is 10.1. The number of aliphatic hydroxyl groups excluding tert-OH is 1. The van der Waals surface area contributed by atoms with Gasteiger partial charge in [0.15, 0.2) is 5.82 Å². The molecule has 4 rings (SSSR count). The van der Waals surface area contributed by atoms with Gasteiger partial charge in [0.25, 0.3) is 6.47 Å². The van der Waals surface area contributed by atoms with Crippen molar-refractivity contribution in [3.8, 4) is 28.5 Å². The summed E-state index contributed by atoms with van der Waals surface area (Å²) >= 11 is 0. The van der Waals surface area contributed by atoms with Gasteiger partial charge in [-0.25, -0.2) is 9.97 Å². The molecule has 1 aliphatic carbocycles. The van der Waals surface area contributed by atoms with E-state index >= 15 is 0 Å². The molecule has 0 spiro atoms. The first kappa shape index (κ1) is 19.6. The number of aryl methyl sites for hydroxylation is 1. The number of aromatic nitrogens is 4. The van der Waals surface area contributed by atoms with Gasteiger partial charge >= 0.3 is 0 Å². The zero-order valence-electron chi connectivity index (χ0n) is 15.9. The van der Waals surface area contributed by atoms with E-state index in [9.17, 15) is 5.11 Å². The van der Waals surface area contributed by atoms with Crippen molar-refractivity contribution in [1.29, 1.82) is 0 Å². The Morgan fingerprint density at radius 1 is 1.29 bits per heavy atom. The summed E-state index contributed by atoms with van der Waals surface area (Å²) in [6.45, 7) is -0.250. The molecule has 1 aliphatic rings. The van der Waals surface area contributed by atoms with E-state index in [0.717, 1.165) is 47.8 Å². The van der Waals surface area contributed by atoms with E-state index in [1.54, 1.807) is 13.3 Å². The number of ether oxygens (including phenoxy) is 1. The number of carboxylic acid groups (broad SMARTS) is 1. The van der Waals surface area contributed by atoms with Crippen LogP contribution in [0.2, 0.25) is 0 Å². The minimum absolute atomic E-state index is 0.0403. The van der Waals surface area contributed by atoms with E-state index in [0.29, 0.717) is 0 Å². The molecule has 1 saturated carbocycles. The maximum absolute atomic E-state index is 10.4. The van der Waals surface area contributed by atoms with Crippen molar-refractivity contribution in [3.63, 3.8) is 0 Å². The first-order valence-electron chi connectivity index (χ1n) is 9.05. The van der Waals surface area contributed by atoms with Crippen LogP contribution >= 0.6 is 0 Å². The molecule has 0 aliphatic heterocycles. The topological polar surface area (TPSA) is 102 Å². The molecule has 0 bridgehead atoms. The van der Waals surface area contributed by atoms with E-state index in [2.05, 4.69) is 14.5 Å². The van der Waals surface area contributed by atoms with Crippen LogP contribution in [0.3, 0.4) is 0 Å². The van der Waals surface area contributed by atoms with Gasteiger partial charge in [-0.3, -0.25) is 4.79 Å². The van der Waals surface area contributed by atoms with Crippen molar-refractivity contribution in [3.05, 3.63) is 43.0 Å². The number of benzene rings is 1. The van der Waals surface area contributed by atoms with Gasteiger partial charge in [0, 0.05) is 25.0 Å². The van der Waals surface area contributed by atoms with Crippen LogP contribution in [0.5, 0.6) is 5.75 Å². The highest BCUT2D eigenvalue weighted by molar-refractivity contribution is 5.76. The van der Waals surface area contributed by atoms with Crippen molar-refractivity contribution in [2.24, 2.45) is 7.05 Å². The third-order valence-electron chi connectivity index (χ3n) is 4.97. The number of imidazole rings is 2. The molecule has 0 unspecified atom stereocenters. The Morgan fingerprint density at radius 3 is 2.68 bits per heavy atom. The van der Waals surface area contributed by atoms with Gasteiger partial charge in [0.2, 0.25) is 0 Å². The summed E-state index contributed by atoms with van der Waals surface area (Å²) in [5.41, 5.74) is 2.77. The van der Waals surface area contributed by atoms with Crippen LogP contribution in [-0.2, 0) is 11.8 Å². The molecule has 8 nitrogen and oxygen atoms in total. The summed E-state index contributed by atoms with van der Waals surface area (Å²) in [5, 5.41) is 17.3. The van der Waals surface area contributed by atoms with Crippen molar-refractivity contribution < 1.29 is 19.7 Å². The number of aliphatic hydroxyl groups is 1. The summed E-state index contributed by atoms with van der Waals surface area (Å²) in [6, 6.07) is 7.91. The minimum Gasteiger partial charge on any atom is -0.497 e. The number of rotatable bonds is 4. The second kappa shape index (κ2) is 8.71. The standard InChI is InChI=1S/C19H22N4O2.CH2O2/c1-22-10-9-20-19(22)18-17(13-5-3-6-14(11-13)25-2)21-12-23(18)15-7-4-8-16(15)24;2-1-3/h3,5-6,9-12,15-16,24H,4,7-8H2,1-2H3;1H,(H,2,3)/t15-,16-;/m0./s1. The van der Waals surface area contributed by atoms with E-state index < -0.39 is 0 Å². The first-order chi connectivity index (χ1) is 13.6. The highest BCUT2D eigenvalue weighted by atomic mass is 16.5. The monoisotopic (exact) mass is 384 g/mol. The molecular weight excluding hydrogens is 360 g/mol. The third kappa shape index (κ3) is 3.77. The summed E-state index contributed by atoms with van der Waals surface area (Å²) in [7, 11) is 3.63. The van der Waals surface area contributed by atoms with Gasteiger partial charge in [-0.1, -0.05) is 12.1 Å². The Bertz CT molecular complexity index is 934. The van der Waals surface area contributed by atoms with Gasteiger partial charge in [-0.15, -0.1) is 0 Å². The number of hydrogen-bond acceptors (Lipinski definition) is 5. The van der Waals surface area contributed by atoms with Gasteiger partial charge < -0.3 is 24.1 Å². The molecule has 3 aromatic rings. The zero-order chi connectivity index (χ0) is 20.1. The van der Waals surface area contributed by atoms with Crippen LogP contribution in [0.4, 0.5) is 0 Å². The van der Waals surface area contributed by atoms with Gasteiger partial charge in [-0.2, -0.15) is 0 Å². The van der Waals surface area contributed by atoms with E-state index in [1.165, 1.54) is 0 Å². The highest BCUT2D eigenvalue weighted by Gasteiger charge is 2.31. The Hall–Kier alpha value is -3.13. The van der Waals surface area contributed by atoms with E-state index in [1.807, 2.05) is 48.4 Å². The van der Waals surface area contributed by atoms with Gasteiger partial charge in [0.05, 0.1) is 31.3 Å². The Morgan fingerprint density at radius 2 is 2.07 bits per heavy atom. The molecule has 1 aromatic carbocycles. The molecular formula is C20H24N4O4. The quantitative estimate of drug-likeness (QED) is 0.671. The van der Waals surface area contributed by atoms with Crippen LogP contribution in [0.1, 0.15) is 25.3 Å². The van der Waals surface area contributed by atoms with Crippen LogP contribution in [0.25, 0.3) is 22.8 Å². The fraction of sp³-hybridized carbons (Fsp3) is 0.350. The largest absolute Gasteiger partial charge is 0.497 e.